The van der Waals surface area contributed by atoms with E-state index in [-0.39, 0.29) is 25.0 Å². The summed E-state index contributed by atoms with van der Waals surface area (Å²) in [7, 11) is 1.63. The zero-order valence-electron chi connectivity index (χ0n) is 14.4. The van der Waals surface area contributed by atoms with Crippen LogP contribution in [0.1, 0.15) is 27.6 Å². The van der Waals surface area contributed by atoms with Gasteiger partial charge in [0.15, 0.2) is 6.61 Å². The maximum Gasteiger partial charge on any atom is 0.338 e. The Kier molecular flexibility index (Phi) is 4.88. The van der Waals surface area contributed by atoms with Crippen molar-refractivity contribution in [1.29, 1.82) is 0 Å². The van der Waals surface area contributed by atoms with E-state index in [0.717, 1.165) is 0 Å². The molecule has 2 amide bonds. The van der Waals surface area contributed by atoms with Gasteiger partial charge in [-0.3, -0.25) is 9.59 Å². The van der Waals surface area contributed by atoms with E-state index in [1.165, 1.54) is 4.90 Å². The number of amides is 2. The van der Waals surface area contributed by atoms with E-state index < -0.39 is 5.97 Å². The number of carbonyl (C=O) groups is 3. The Morgan fingerprint density at radius 2 is 2.00 bits per heavy atom. The number of likely N-dealkylation sites (N-methyl/N-ethyl adjacent to an activating group) is 1. The van der Waals surface area contributed by atoms with Crippen LogP contribution in [-0.2, 0) is 9.53 Å². The average molecular weight is 354 g/mol. The Morgan fingerprint density at radius 1 is 1.19 bits per heavy atom. The molecule has 26 heavy (non-hydrogen) atoms. The highest BCUT2D eigenvalue weighted by molar-refractivity contribution is 6.07. The predicted molar refractivity (Wildman–Crippen MR) is 95.7 cm³/mol. The zero-order chi connectivity index (χ0) is 18.7. The van der Waals surface area contributed by atoms with Gasteiger partial charge in [0.2, 0.25) is 0 Å². The summed E-state index contributed by atoms with van der Waals surface area (Å²) in [5, 5.41) is 2.74. The number of esters is 1. The van der Waals surface area contributed by atoms with Crippen molar-refractivity contribution in [2.75, 3.05) is 30.5 Å². The van der Waals surface area contributed by atoms with Crippen LogP contribution >= 0.6 is 0 Å². The minimum atomic E-state index is -0.449. The van der Waals surface area contributed by atoms with Crippen molar-refractivity contribution in [1.82, 2.24) is 0 Å². The maximum absolute atomic E-state index is 12.5. The van der Waals surface area contributed by atoms with E-state index in [9.17, 15) is 14.4 Å². The number of hydrogen-bond donors (Lipinski definition) is 1. The minimum Gasteiger partial charge on any atom is -0.482 e. The van der Waals surface area contributed by atoms with Gasteiger partial charge in [0, 0.05) is 18.3 Å². The van der Waals surface area contributed by atoms with Gasteiger partial charge in [0.25, 0.3) is 11.8 Å². The SMILES string of the molecule is CCOC(=O)c1cccc(NC(=O)c2ccc3c(c2)N(C)C(=O)CO3)c1. The van der Waals surface area contributed by atoms with Gasteiger partial charge in [0.1, 0.15) is 5.75 Å². The monoisotopic (exact) mass is 354 g/mol. The van der Waals surface area contributed by atoms with Gasteiger partial charge in [-0.1, -0.05) is 6.07 Å². The normalized spacial score (nSPS) is 12.8. The molecule has 7 heteroatoms. The van der Waals surface area contributed by atoms with E-state index in [2.05, 4.69) is 5.32 Å². The summed E-state index contributed by atoms with van der Waals surface area (Å²) in [6.07, 6.45) is 0. The summed E-state index contributed by atoms with van der Waals surface area (Å²) >= 11 is 0. The summed E-state index contributed by atoms with van der Waals surface area (Å²) in [5.74, 6) is -0.444. The van der Waals surface area contributed by atoms with Crippen LogP contribution in [0.15, 0.2) is 42.5 Å². The van der Waals surface area contributed by atoms with Crippen molar-refractivity contribution in [3.63, 3.8) is 0 Å². The Bertz CT molecular complexity index is 878. The number of hydrogen-bond acceptors (Lipinski definition) is 5. The molecule has 134 valence electrons. The smallest absolute Gasteiger partial charge is 0.338 e. The summed E-state index contributed by atoms with van der Waals surface area (Å²) in [5.41, 5.74) is 1.73. The second-order valence-electron chi connectivity index (χ2n) is 5.68. The number of rotatable bonds is 4. The first-order valence-corrected chi connectivity index (χ1v) is 8.11. The van der Waals surface area contributed by atoms with E-state index in [0.29, 0.717) is 28.3 Å². The molecule has 0 fully saturated rings. The standard InChI is InChI=1S/C19H18N2O5/c1-3-25-19(24)13-5-4-6-14(9-13)20-18(23)12-7-8-16-15(10-12)21(2)17(22)11-26-16/h4-10H,3,11H2,1-2H3,(H,20,23). The molecule has 0 aromatic heterocycles. The second kappa shape index (κ2) is 7.26. The first-order chi connectivity index (χ1) is 12.5. The van der Waals surface area contributed by atoms with Crippen LogP contribution in [0.5, 0.6) is 5.75 Å². The fourth-order valence-corrected chi connectivity index (χ4v) is 2.56. The first-order valence-electron chi connectivity index (χ1n) is 8.11. The van der Waals surface area contributed by atoms with Crippen LogP contribution in [0.4, 0.5) is 11.4 Å². The molecular weight excluding hydrogens is 336 g/mol. The number of anilines is 2. The molecule has 1 N–H and O–H groups in total. The van der Waals surface area contributed by atoms with Crippen LogP contribution < -0.4 is 15.0 Å². The van der Waals surface area contributed by atoms with E-state index in [1.807, 2.05) is 0 Å². The molecule has 0 saturated heterocycles. The molecule has 0 aliphatic carbocycles. The molecule has 0 spiro atoms. The van der Waals surface area contributed by atoms with E-state index >= 15 is 0 Å². The highest BCUT2D eigenvalue weighted by Crippen LogP contribution is 2.32. The molecule has 0 atom stereocenters. The molecule has 0 bridgehead atoms. The topological polar surface area (TPSA) is 84.9 Å². The second-order valence-corrected chi connectivity index (χ2v) is 5.68. The number of nitrogens with one attached hydrogen (secondary N) is 1. The largest absolute Gasteiger partial charge is 0.482 e. The van der Waals surface area contributed by atoms with Crippen LogP contribution in [0.3, 0.4) is 0 Å². The molecule has 1 heterocycles. The van der Waals surface area contributed by atoms with Gasteiger partial charge in [-0.15, -0.1) is 0 Å². The molecule has 2 aromatic carbocycles. The van der Waals surface area contributed by atoms with Crippen molar-refractivity contribution in [2.24, 2.45) is 0 Å². The van der Waals surface area contributed by atoms with Gasteiger partial charge in [-0.2, -0.15) is 0 Å². The van der Waals surface area contributed by atoms with Crippen molar-refractivity contribution in [3.05, 3.63) is 53.6 Å². The Morgan fingerprint density at radius 3 is 2.77 bits per heavy atom. The lowest BCUT2D eigenvalue weighted by molar-refractivity contribution is -0.120. The molecular formula is C19H18N2O5. The third kappa shape index (κ3) is 3.51. The third-order valence-electron chi connectivity index (χ3n) is 3.94. The molecule has 0 radical (unpaired) electrons. The van der Waals surface area contributed by atoms with Crippen LogP contribution in [0, 0.1) is 0 Å². The van der Waals surface area contributed by atoms with Gasteiger partial charge in [-0.05, 0) is 43.3 Å². The van der Waals surface area contributed by atoms with Crippen molar-refractivity contribution >= 4 is 29.2 Å². The third-order valence-corrected chi connectivity index (χ3v) is 3.94. The summed E-state index contributed by atoms with van der Waals surface area (Å²) in [6.45, 7) is 1.99. The van der Waals surface area contributed by atoms with Gasteiger partial charge in [0.05, 0.1) is 17.9 Å². The number of benzene rings is 2. The lowest BCUT2D eigenvalue weighted by Gasteiger charge is -2.26. The molecule has 2 aromatic rings. The average Bonchev–Trinajstić information content (AvgIpc) is 2.65. The van der Waals surface area contributed by atoms with E-state index in [1.54, 1.807) is 56.4 Å². The van der Waals surface area contributed by atoms with Gasteiger partial charge >= 0.3 is 5.97 Å². The minimum absolute atomic E-state index is 0.0182. The molecule has 7 nitrogen and oxygen atoms in total. The van der Waals surface area contributed by atoms with Crippen LogP contribution in [0.2, 0.25) is 0 Å². The Labute approximate surface area is 150 Å². The number of carbonyl (C=O) groups excluding carboxylic acids is 3. The van der Waals surface area contributed by atoms with Crippen LogP contribution in [0.25, 0.3) is 0 Å². The quantitative estimate of drug-likeness (QED) is 0.853. The van der Waals surface area contributed by atoms with Crippen LogP contribution in [-0.4, -0.2) is 38.0 Å². The molecule has 0 unspecified atom stereocenters. The maximum atomic E-state index is 12.5. The molecule has 3 rings (SSSR count). The molecule has 1 aliphatic heterocycles. The predicted octanol–water partition coefficient (Wildman–Crippen LogP) is 2.47. The van der Waals surface area contributed by atoms with Gasteiger partial charge in [-0.25, -0.2) is 4.79 Å². The summed E-state index contributed by atoms with van der Waals surface area (Å²) < 4.78 is 10.3. The molecule has 0 saturated carbocycles. The number of fused-ring (bicyclic) bond motifs is 1. The fraction of sp³-hybridized carbons (Fsp3) is 0.211. The highest BCUT2D eigenvalue weighted by atomic mass is 16.5. The Hall–Kier alpha value is -3.35. The Balaban J connectivity index is 1.80. The molecule has 1 aliphatic rings. The highest BCUT2D eigenvalue weighted by Gasteiger charge is 2.23. The fourth-order valence-electron chi connectivity index (χ4n) is 2.56. The number of ether oxygens (including phenoxy) is 2. The number of nitrogens with zero attached hydrogens (tertiary/aromatic N) is 1. The van der Waals surface area contributed by atoms with Gasteiger partial charge < -0.3 is 19.7 Å². The summed E-state index contributed by atoms with van der Waals surface area (Å²) in [4.78, 5) is 37.5. The lowest BCUT2D eigenvalue weighted by Crippen LogP contribution is -2.35. The van der Waals surface area contributed by atoms with Crippen molar-refractivity contribution < 1.29 is 23.9 Å². The zero-order valence-corrected chi connectivity index (χ0v) is 14.4. The summed E-state index contributed by atoms with van der Waals surface area (Å²) in [6, 6.07) is 11.4. The lowest BCUT2D eigenvalue weighted by atomic mass is 10.1. The first kappa shape index (κ1) is 17.5. The van der Waals surface area contributed by atoms with Crippen molar-refractivity contribution in [2.45, 2.75) is 6.92 Å². The van der Waals surface area contributed by atoms with E-state index in [4.69, 9.17) is 9.47 Å². The van der Waals surface area contributed by atoms with Crippen molar-refractivity contribution in [3.8, 4) is 5.75 Å².